The molecule has 5 nitrogen and oxygen atoms in total. The fourth-order valence-corrected chi connectivity index (χ4v) is 3.58. The van der Waals surface area contributed by atoms with Crippen molar-refractivity contribution >= 4 is 41.3 Å². The summed E-state index contributed by atoms with van der Waals surface area (Å²) in [6, 6.07) is 8.22. The molecule has 0 radical (unpaired) electrons. The normalized spacial score (nSPS) is 16.8. The minimum atomic E-state index is 0. The molecule has 1 atom stereocenters. The molecule has 0 amide bonds. The molecule has 3 N–H and O–H groups in total. The topological polar surface area (TPSA) is 72.5 Å². The second kappa shape index (κ2) is 9.38. The van der Waals surface area contributed by atoms with Gasteiger partial charge >= 0.3 is 0 Å². The molecule has 3 rings (SSSR count). The van der Waals surface area contributed by atoms with E-state index in [1.165, 1.54) is 5.01 Å². The number of thiazole rings is 1. The van der Waals surface area contributed by atoms with Crippen molar-refractivity contribution < 1.29 is 4.74 Å². The summed E-state index contributed by atoms with van der Waals surface area (Å²) in [6.07, 6.45) is 1.70. The summed E-state index contributed by atoms with van der Waals surface area (Å²) in [6.45, 7) is 5.66. The molecule has 7 heteroatoms. The van der Waals surface area contributed by atoms with Gasteiger partial charge in [0.15, 0.2) is 5.96 Å². The molecule has 1 aliphatic rings. The molecule has 0 saturated carbocycles. The Morgan fingerprint density at radius 3 is 3.00 bits per heavy atom. The third kappa shape index (κ3) is 5.31. The fourth-order valence-electron chi connectivity index (χ4n) is 2.71. The number of nitrogens with one attached hydrogen (secondary N) is 1. The van der Waals surface area contributed by atoms with Gasteiger partial charge in [-0.05, 0) is 6.07 Å². The van der Waals surface area contributed by atoms with E-state index in [-0.39, 0.29) is 30.0 Å². The van der Waals surface area contributed by atoms with E-state index >= 15 is 0 Å². The molecule has 2 aromatic rings. The summed E-state index contributed by atoms with van der Waals surface area (Å²) in [5, 5.41) is 6.61. The number of halogens is 1. The number of aromatic nitrogens is 1. The molecular weight excluding hydrogens is 447 g/mol. The quantitative estimate of drug-likeness (QED) is 0.394. The van der Waals surface area contributed by atoms with Crippen LogP contribution in [0.4, 0.5) is 0 Å². The van der Waals surface area contributed by atoms with Gasteiger partial charge in [-0.1, -0.05) is 32.0 Å². The van der Waals surface area contributed by atoms with Gasteiger partial charge in [0.1, 0.15) is 5.75 Å². The third-order valence-electron chi connectivity index (χ3n) is 3.99. The average molecular weight is 472 g/mol. The Morgan fingerprint density at radius 1 is 1.44 bits per heavy atom. The van der Waals surface area contributed by atoms with Gasteiger partial charge in [-0.2, -0.15) is 0 Å². The van der Waals surface area contributed by atoms with E-state index in [9.17, 15) is 0 Å². The van der Waals surface area contributed by atoms with E-state index in [0.717, 1.165) is 29.8 Å². The molecule has 136 valence electrons. The Morgan fingerprint density at radius 2 is 2.24 bits per heavy atom. The molecule has 1 unspecified atom stereocenters. The van der Waals surface area contributed by atoms with Crippen molar-refractivity contribution in [2.24, 2.45) is 10.7 Å². The standard InChI is InChI=1S/C18H24N4OS.HI/c1-12(2)17-21-13(11-24-17)7-9-20-18(19)22-15-8-10-23-16-6-4-3-5-14(15)16;/h3-6,11-12,15H,7-10H2,1-2H3,(H3,19,20,22);1H. The largest absolute Gasteiger partial charge is 0.493 e. The number of aliphatic imine (C=N–C) groups is 1. The summed E-state index contributed by atoms with van der Waals surface area (Å²) in [5.74, 6) is 1.89. The van der Waals surface area contributed by atoms with Crippen LogP contribution in [0.3, 0.4) is 0 Å². The van der Waals surface area contributed by atoms with Crippen molar-refractivity contribution in [3.05, 3.63) is 45.9 Å². The number of nitrogens with zero attached hydrogens (tertiary/aromatic N) is 2. The molecular formula is C18H25IN4OS. The zero-order valence-electron chi connectivity index (χ0n) is 14.6. The lowest BCUT2D eigenvalue weighted by Crippen LogP contribution is -2.37. The van der Waals surface area contributed by atoms with Gasteiger partial charge in [0, 0.05) is 36.2 Å². The van der Waals surface area contributed by atoms with E-state index in [1.54, 1.807) is 11.3 Å². The number of rotatable bonds is 5. The van der Waals surface area contributed by atoms with E-state index < -0.39 is 0 Å². The maximum Gasteiger partial charge on any atom is 0.189 e. The van der Waals surface area contributed by atoms with Crippen molar-refractivity contribution in [3.63, 3.8) is 0 Å². The van der Waals surface area contributed by atoms with Gasteiger partial charge in [0.05, 0.1) is 23.4 Å². The SMILES string of the molecule is CC(C)c1nc(CCN=C(N)NC2CCOc3ccccc32)cs1.I. The second-order valence-corrected chi connectivity index (χ2v) is 7.11. The second-order valence-electron chi connectivity index (χ2n) is 6.22. The number of para-hydroxylation sites is 1. The maximum atomic E-state index is 6.06. The first kappa shape index (κ1) is 20.0. The van der Waals surface area contributed by atoms with Crippen LogP contribution in [0.5, 0.6) is 5.75 Å². The van der Waals surface area contributed by atoms with E-state index in [1.807, 2.05) is 18.2 Å². The van der Waals surface area contributed by atoms with Gasteiger partial charge in [-0.25, -0.2) is 4.98 Å². The highest BCUT2D eigenvalue weighted by Crippen LogP contribution is 2.31. The molecule has 25 heavy (non-hydrogen) atoms. The summed E-state index contributed by atoms with van der Waals surface area (Å²) >= 11 is 1.72. The van der Waals surface area contributed by atoms with Crippen LogP contribution in [0.1, 0.15) is 48.5 Å². The van der Waals surface area contributed by atoms with Crippen molar-refractivity contribution in [2.45, 2.75) is 38.6 Å². The molecule has 1 aromatic carbocycles. The molecule has 0 spiro atoms. The van der Waals surface area contributed by atoms with Crippen LogP contribution in [0.15, 0.2) is 34.6 Å². The van der Waals surface area contributed by atoms with Gasteiger partial charge in [0.25, 0.3) is 0 Å². The Kier molecular flexibility index (Phi) is 7.49. The lowest BCUT2D eigenvalue weighted by atomic mass is 10.0. The number of hydrogen-bond acceptors (Lipinski definition) is 4. The van der Waals surface area contributed by atoms with Crippen LogP contribution in [-0.2, 0) is 6.42 Å². The Bertz CT molecular complexity index is 717. The van der Waals surface area contributed by atoms with Gasteiger partial charge in [-0.15, -0.1) is 35.3 Å². The van der Waals surface area contributed by atoms with Crippen LogP contribution in [0.2, 0.25) is 0 Å². The monoisotopic (exact) mass is 472 g/mol. The molecule has 0 bridgehead atoms. The van der Waals surface area contributed by atoms with Gasteiger partial charge < -0.3 is 15.8 Å². The summed E-state index contributed by atoms with van der Waals surface area (Å²) in [4.78, 5) is 9.07. The number of fused-ring (bicyclic) bond motifs is 1. The fraction of sp³-hybridized carbons (Fsp3) is 0.444. The zero-order valence-corrected chi connectivity index (χ0v) is 17.7. The third-order valence-corrected chi connectivity index (χ3v) is 5.19. The molecule has 0 fully saturated rings. The zero-order chi connectivity index (χ0) is 16.9. The number of ether oxygens (including phenoxy) is 1. The first-order chi connectivity index (χ1) is 11.6. The highest BCUT2D eigenvalue weighted by molar-refractivity contribution is 14.0. The lowest BCUT2D eigenvalue weighted by Gasteiger charge is -2.26. The predicted octanol–water partition coefficient (Wildman–Crippen LogP) is 3.86. The minimum Gasteiger partial charge on any atom is -0.493 e. The van der Waals surface area contributed by atoms with E-state index in [4.69, 9.17) is 10.5 Å². The number of guanidine groups is 1. The van der Waals surface area contributed by atoms with Crippen molar-refractivity contribution in [1.82, 2.24) is 10.3 Å². The minimum absolute atomic E-state index is 0. The number of benzene rings is 1. The smallest absolute Gasteiger partial charge is 0.189 e. The maximum absolute atomic E-state index is 6.06. The summed E-state index contributed by atoms with van der Waals surface area (Å²) in [7, 11) is 0. The van der Waals surface area contributed by atoms with Crippen LogP contribution in [0.25, 0.3) is 0 Å². The molecule has 1 aromatic heterocycles. The Balaban J connectivity index is 0.00000225. The first-order valence-electron chi connectivity index (χ1n) is 8.36. The van der Waals surface area contributed by atoms with E-state index in [0.29, 0.717) is 25.0 Å². The molecule has 0 aliphatic carbocycles. The first-order valence-corrected chi connectivity index (χ1v) is 9.24. The predicted molar refractivity (Wildman–Crippen MR) is 114 cm³/mol. The van der Waals surface area contributed by atoms with E-state index in [2.05, 4.69) is 40.6 Å². The molecule has 1 aliphatic heterocycles. The van der Waals surface area contributed by atoms with Crippen molar-refractivity contribution in [1.29, 1.82) is 0 Å². The van der Waals surface area contributed by atoms with Crippen molar-refractivity contribution in [2.75, 3.05) is 13.2 Å². The molecule has 2 heterocycles. The Hall–Kier alpha value is -1.35. The van der Waals surface area contributed by atoms with Crippen LogP contribution >= 0.6 is 35.3 Å². The number of hydrogen-bond donors (Lipinski definition) is 2. The summed E-state index contributed by atoms with van der Waals surface area (Å²) in [5.41, 5.74) is 8.30. The summed E-state index contributed by atoms with van der Waals surface area (Å²) < 4.78 is 5.67. The molecule has 0 saturated heterocycles. The van der Waals surface area contributed by atoms with Crippen LogP contribution < -0.4 is 15.8 Å². The Labute approximate surface area is 170 Å². The van der Waals surface area contributed by atoms with Crippen LogP contribution in [0, 0.1) is 0 Å². The highest BCUT2D eigenvalue weighted by atomic mass is 127. The van der Waals surface area contributed by atoms with Crippen LogP contribution in [-0.4, -0.2) is 24.1 Å². The van der Waals surface area contributed by atoms with Gasteiger partial charge in [-0.3, -0.25) is 4.99 Å². The van der Waals surface area contributed by atoms with Gasteiger partial charge in [0.2, 0.25) is 0 Å². The lowest BCUT2D eigenvalue weighted by molar-refractivity contribution is 0.262. The highest BCUT2D eigenvalue weighted by Gasteiger charge is 2.21. The number of nitrogens with two attached hydrogens (primary N) is 1. The average Bonchev–Trinajstić information content (AvgIpc) is 3.04. The van der Waals surface area contributed by atoms with Crippen molar-refractivity contribution in [3.8, 4) is 5.75 Å².